The lowest BCUT2D eigenvalue weighted by Crippen LogP contribution is -2.18. The van der Waals surface area contributed by atoms with Crippen LogP contribution in [0.2, 0.25) is 0 Å². The first kappa shape index (κ1) is 41.5. The van der Waals surface area contributed by atoms with E-state index in [4.69, 9.17) is 0 Å². The van der Waals surface area contributed by atoms with E-state index < -0.39 is 0 Å². The maximum atomic E-state index is 2.60. The topological polar surface area (TPSA) is 6.48 Å². The molecule has 0 spiro atoms. The van der Waals surface area contributed by atoms with Crippen LogP contribution in [0.1, 0.15) is 25.0 Å². The molecule has 0 fully saturated rings. The molecule has 14 aromatic carbocycles. The Morgan fingerprint density at radius 2 is 0.438 bits per heavy atom. The van der Waals surface area contributed by atoms with Crippen molar-refractivity contribution in [2.45, 2.75) is 19.3 Å². The molecule has 0 unspecified atom stereocenters. The normalized spacial score (nSPS) is 12.9. The van der Waals surface area contributed by atoms with Crippen LogP contribution in [0.15, 0.2) is 255 Å². The minimum absolute atomic E-state index is 0.364. The highest BCUT2D eigenvalue weighted by atomic mass is 15.2. The van der Waals surface area contributed by atoms with Crippen molar-refractivity contribution in [2.75, 3.05) is 9.80 Å². The van der Waals surface area contributed by atoms with E-state index in [1.54, 1.807) is 0 Å². The number of hydrogen-bond donors (Lipinski definition) is 0. The second kappa shape index (κ2) is 15.9. The minimum atomic E-state index is -0.364. The van der Waals surface area contributed by atoms with Gasteiger partial charge in [-0.05, 0) is 114 Å². The molecule has 14 aromatic rings. The largest absolute Gasteiger partial charge is 0.308 e. The van der Waals surface area contributed by atoms with E-state index in [1.807, 2.05) is 0 Å². The van der Waals surface area contributed by atoms with E-state index in [0.29, 0.717) is 0 Å². The van der Waals surface area contributed by atoms with Crippen LogP contribution in [-0.4, -0.2) is 0 Å². The van der Waals surface area contributed by atoms with E-state index >= 15 is 0 Å². The fourth-order valence-electron chi connectivity index (χ4n) is 12.7. The van der Waals surface area contributed by atoms with Crippen molar-refractivity contribution in [1.29, 1.82) is 0 Å². The fraction of sp³-hybridized carbons (Fsp3) is 0.0423. The molecule has 0 heterocycles. The van der Waals surface area contributed by atoms with Crippen LogP contribution in [0.5, 0.6) is 0 Å². The van der Waals surface area contributed by atoms with Gasteiger partial charge in [-0.15, -0.1) is 0 Å². The first-order valence-corrected chi connectivity index (χ1v) is 25.5. The summed E-state index contributed by atoms with van der Waals surface area (Å²) < 4.78 is 0. The molecule has 0 saturated heterocycles. The highest BCUT2D eigenvalue weighted by molar-refractivity contribution is 6.22. The number of anilines is 6. The first-order valence-electron chi connectivity index (χ1n) is 25.5. The smallest absolute Gasteiger partial charge is 0.0618 e. The van der Waals surface area contributed by atoms with Crippen LogP contribution in [-0.2, 0) is 5.41 Å². The number of nitrogens with zero attached hydrogens (tertiary/aromatic N) is 2. The Kier molecular flexibility index (Phi) is 9.04. The van der Waals surface area contributed by atoms with Crippen molar-refractivity contribution in [2.24, 2.45) is 0 Å². The second-order valence-electron chi connectivity index (χ2n) is 20.4. The summed E-state index contributed by atoms with van der Waals surface area (Å²) in [5.41, 5.74) is 11.8. The molecular formula is C71H48N2. The van der Waals surface area contributed by atoms with E-state index in [1.165, 1.54) is 131 Å². The molecular weight excluding hydrogens is 881 g/mol. The van der Waals surface area contributed by atoms with Crippen LogP contribution in [0.3, 0.4) is 0 Å². The number of fused-ring (bicyclic) bond motifs is 11. The van der Waals surface area contributed by atoms with Crippen molar-refractivity contribution in [3.05, 3.63) is 266 Å². The average Bonchev–Trinajstić information content (AvgIpc) is 3.66. The summed E-state index contributed by atoms with van der Waals surface area (Å²) in [6, 6.07) is 95.2. The third-order valence-corrected chi connectivity index (χ3v) is 16.0. The summed E-state index contributed by atoms with van der Waals surface area (Å²) in [5, 5.41) is 19.5. The molecule has 2 nitrogen and oxygen atoms in total. The molecule has 15 rings (SSSR count). The van der Waals surface area contributed by atoms with Gasteiger partial charge in [-0.25, -0.2) is 0 Å². The van der Waals surface area contributed by atoms with Gasteiger partial charge in [-0.1, -0.05) is 220 Å². The van der Waals surface area contributed by atoms with Gasteiger partial charge in [-0.2, -0.15) is 0 Å². The predicted molar refractivity (Wildman–Crippen MR) is 313 cm³/mol. The summed E-state index contributed by atoms with van der Waals surface area (Å²) in [5.74, 6) is 0. The van der Waals surface area contributed by atoms with Gasteiger partial charge in [-0.3, -0.25) is 0 Å². The Bertz CT molecular complexity index is 3870. The average molecular weight is 929 g/mol. The standard InChI is InChI=1S/C71H48N2/c1-71(2)65-43-53(72(67-55-27-11-3-19-45(55)39-46-20-4-12-28-56(46)67)68-57-29-13-5-21-47(57)40-48-22-6-14-30-58(48)68)35-37-63(65)64-38-36-54(44-66(64)71)73(69-59-31-15-7-23-49(59)41-50-24-8-16-32-60(50)69)70-61-33-17-9-25-51(61)42-52-26-10-18-34-62(52)70/h3-44H,1-2H3. The third kappa shape index (κ3) is 6.24. The Balaban J connectivity index is 0.992. The number of rotatable bonds is 6. The van der Waals surface area contributed by atoms with E-state index in [0.717, 1.165) is 11.4 Å². The number of hydrogen-bond acceptors (Lipinski definition) is 2. The van der Waals surface area contributed by atoms with Crippen LogP contribution < -0.4 is 9.80 Å². The van der Waals surface area contributed by atoms with Crippen molar-refractivity contribution >= 4 is 120 Å². The maximum Gasteiger partial charge on any atom is 0.0618 e. The molecule has 0 atom stereocenters. The fourth-order valence-corrected chi connectivity index (χ4v) is 12.7. The highest BCUT2D eigenvalue weighted by Gasteiger charge is 2.38. The SMILES string of the molecule is CC1(C)c2cc(N(c3c4ccccc4cc4ccccc34)c3c4ccccc4cc4ccccc34)ccc2-c2ccc(N(c3c4ccccc4cc4ccccc34)c3c4ccccc4cc4ccccc34)cc21. The van der Waals surface area contributed by atoms with Gasteiger partial charge in [0.25, 0.3) is 0 Å². The second-order valence-corrected chi connectivity index (χ2v) is 20.4. The molecule has 0 aromatic heterocycles. The molecule has 73 heavy (non-hydrogen) atoms. The van der Waals surface area contributed by atoms with Gasteiger partial charge in [0.15, 0.2) is 0 Å². The lowest BCUT2D eigenvalue weighted by atomic mass is 9.82. The highest BCUT2D eigenvalue weighted by Crippen LogP contribution is 2.56. The van der Waals surface area contributed by atoms with E-state index in [9.17, 15) is 0 Å². The summed E-state index contributed by atoms with van der Waals surface area (Å²) in [6.07, 6.45) is 0. The minimum Gasteiger partial charge on any atom is -0.308 e. The van der Waals surface area contributed by atoms with Crippen molar-refractivity contribution in [3.63, 3.8) is 0 Å². The zero-order valence-electron chi connectivity index (χ0n) is 40.6. The van der Waals surface area contributed by atoms with Crippen LogP contribution in [0.4, 0.5) is 34.1 Å². The van der Waals surface area contributed by atoms with Crippen LogP contribution in [0.25, 0.3) is 97.3 Å². The summed E-state index contributed by atoms with van der Waals surface area (Å²) in [6.45, 7) is 4.86. The number of benzene rings is 14. The molecule has 0 amide bonds. The van der Waals surface area contributed by atoms with Gasteiger partial charge >= 0.3 is 0 Å². The Hall–Kier alpha value is -9.24. The van der Waals surface area contributed by atoms with Crippen molar-refractivity contribution in [1.82, 2.24) is 0 Å². The van der Waals surface area contributed by atoms with Crippen molar-refractivity contribution < 1.29 is 0 Å². The Labute approximate surface area is 424 Å². The molecule has 0 aliphatic heterocycles. The third-order valence-electron chi connectivity index (χ3n) is 16.0. The molecule has 0 bridgehead atoms. The zero-order chi connectivity index (χ0) is 48.4. The van der Waals surface area contributed by atoms with Gasteiger partial charge in [0.05, 0.1) is 22.7 Å². The van der Waals surface area contributed by atoms with E-state index in [-0.39, 0.29) is 5.41 Å². The Morgan fingerprint density at radius 1 is 0.233 bits per heavy atom. The molecule has 0 radical (unpaired) electrons. The molecule has 2 heteroatoms. The quantitative estimate of drug-likeness (QED) is 0.153. The van der Waals surface area contributed by atoms with Gasteiger partial charge in [0.2, 0.25) is 0 Å². The summed E-state index contributed by atoms with van der Waals surface area (Å²) in [4.78, 5) is 5.19. The van der Waals surface area contributed by atoms with Gasteiger partial charge in [0.1, 0.15) is 0 Å². The van der Waals surface area contributed by atoms with E-state index in [2.05, 4.69) is 278 Å². The predicted octanol–water partition coefficient (Wildman–Crippen LogP) is 20.2. The maximum absolute atomic E-state index is 2.60. The molecule has 0 N–H and O–H groups in total. The Morgan fingerprint density at radius 3 is 0.658 bits per heavy atom. The lowest BCUT2D eigenvalue weighted by molar-refractivity contribution is 0.660. The molecule has 1 aliphatic rings. The summed E-state index contributed by atoms with van der Waals surface area (Å²) in [7, 11) is 0. The lowest BCUT2D eigenvalue weighted by Gasteiger charge is -2.32. The molecule has 1 aliphatic carbocycles. The first-order chi connectivity index (χ1) is 36.0. The molecule has 0 saturated carbocycles. The van der Waals surface area contributed by atoms with Crippen molar-refractivity contribution in [3.8, 4) is 11.1 Å². The zero-order valence-corrected chi connectivity index (χ0v) is 40.6. The van der Waals surface area contributed by atoms with Crippen LogP contribution >= 0.6 is 0 Å². The van der Waals surface area contributed by atoms with Gasteiger partial charge < -0.3 is 9.80 Å². The van der Waals surface area contributed by atoms with Gasteiger partial charge in [0, 0.05) is 59.9 Å². The van der Waals surface area contributed by atoms with Crippen LogP contribution in [0, 0.1) is 0 Å². The molecule has 342 valence electrons. The summed E-state index contributed by atoms with van der Waals surface area (Å²) >= 11 is 0. The monoisotopic (exact) mass is 928 g/mol.